The van der Waals surface area contributed by atoms with Crippen LogP contribution in [0.4, 0.5) is 0 Å². The molecule has 4 aromatic carbocycles. The second kappa shape index (κ2) is 9.14. The minimum atomic E-state index is -0.0722. The molecule has 0 saturated heterocycles. The van der Waals surface area contributed by atoms with Crippen molar-refractivity contribution in [2.45, 2.75) is 19.3 Å². The molecule has 0 radical (unpaired) electrons. The summed E-state index contributed by atoms with van der Waals surface area (Å²) >= 11 is 0. The first-order chi connectivity index (χ1) is 19.1. The van der Waals surface area contributed by atoms with Gasteiger partial charge in [-0.3, -0.25) is 4.98 Å². The molecule has 0 saturated carbocycles. The topological polar surface area (TPSA) is 38.7 Å². The lowest BCUT2D eigenvalue weighted by Gasteiger charge is -2.22. The van der Waals surface area contributed by atoms with Crippen LogP contribution in [0.3, 0.4) is 0 Å². The summed E-state index contributed by atoms with van der Waals surface area (Å²) < 4.78 is 0. The summed E-state index contributed by atoms with van der Waals surface area (Å²) in [5.41, 5.74) is 12.1. The van der Waals surface area contributed by atoms with Crippen LogP contribution in [0.15, 0.2) is 128 Å². The lowest BCUT2D eigenvalue weighted by Crippen LogP contribution is -2.14. The van der Waals surface area contributed by atoms with Crippen LogP contribution in [0.2, 0.25) is 0 Å². The van der Waals surface area contributed by atoms with Crippen molar-refractivity contribution in [3.05, 3.63) is 139 Å². The van der Waals surface area contributed by atoms with Crippen LogP contribution in [-0.4, -0.2) is 15.0 Å². The van der Waals surface area contributed by atoms with Gasteiger partial charge in [0.05, 0.1) is 17.1 Å². The van der Waals surface area contributed by atoms with Crippen molar-refractivity contribution in [2.75, 3.05) is 0 Å². The fourth-order valence-electron chi connectivity index (χ4n) is 5.65. The zero-order valence-electron chi connectivity index (χ0n) is 22.0. The second-order valence-corrected chi connectivity index (χ2v) is 10.6. The first-order valence-corrected chi connectivity index (χ1v) is 13.3. The van der Waals surface area contributed by atoms with Crippen molar-refractivity contribution in [3.63, 3.8) is 0 Å². The molecular formula is C36H27N3. The minimum Gasteiger partial charge on any atom is -0.255 e. The molecule has 2 heterocycles. The van der Waals surface area contributed by atoms with Gasteiger partial charge >= 0.3 is 0 Å². The molecule has 0 amide bonds. The summed E-state index contributed by atoms with van der Waals surface area (Å²) in [6.45, 7) is 4.62. The van der Waals surface area contributed by atoms with Crippen LogP contribution in [0.1, 0.15) is 25.0 Å². The van der Waals surface area contributed by atoms with Gasteiger partial charge in [0.2, 0.25) is 0 Å². The first-order valence-electron chi connectivity index (χ1n) is 13.3. The molecular weight excluding hydrogens is 474 g/mol. The van der Waals surface area contributed by atoms with Gasteiger partial charge in [-0.25, -0.2) is 9.97 Å². The molecule has 0 N–H and O–H groups in total. The van der Waals surface area contributed by atoms with Crippen molar-refractivity contribution < 1.29 is 0 Å². The Morgan fingerprint density at radius 1 is 0.462 bits per heavy atom. The highest BCUT2D eigenvalue weighted by molar-refractivity contribution is 5.83. The van der Waals surface area contributed by atoms with Gasteiger partial charge in [-0.2, -0.15) is 0 Å². The molecule has 0 atom stereocenters. The van der Waals surface area contributed by atoms with Gasteiger partial charge in [0, 0.05) is 33.9 Å². The molecule has 186 valence electrons. The van der Waals surface area contributed by atoms with Crippen LogP contribution in [0, 0.1) is 0 Å². The van der Waals surface area contributed by atoms with E-state index in [2.05, 4.69) is 92.7 Å². The minimum absolute atomic E-state index is 0.0722. The van der Waals surface area contributed by atoms with Crippen LogP contribution in [0.25, 0.3) is 56.3 Å². The molecule has 0 fully saturated rings. The van der Waals surface area contributed by atoms with Crippen molar-refractivity contribution in [3.8, 4) is 56.3 Å². The molecule has 0 spiro atoms. The Morgan fingerprint density at radius 3 is 1.74 bits per heavy atom. The van der Waals surface area contributed by atoms with Crippen LogP contribution < -0.4 is 0 Å². The third-order valence-corrected chi connectivity index (χ3v) is 7.77. The maximum absolute atomic E-state index is 5.07. The zero-order chi connectivity index (χ0) is 26.4. The smallest absolute Gasteiger partial charge is 0.161 e. The van der Waals surface area contributed by atoms with Gasteiger partial charge in [0.15, 0.2) is 5.82 Å². The van der Waals surface area contributed by atoms with Crippen molar-refractivity contribution in [1.82, 2.24) is 15.0 Å². The quantitative estimate of drug-likeness (QED) is 0.242. The third kappa shape index (κ3) is 4.04. The predicted octanol–water partition coefficient (Wildman–Crippen LogP) is 8.85. The lowest BCUT2D eigenvalue weighted by atomic mass is 9.82. The number of benzene rings is 4. The number of nitrogens with zero attached hydrogens (tertiary/aromatic N) is 3. The van der Waals surface area contributed by atoms with E-state index in [1.807, 2.05) is 48.7 Å². The fourth-order valence-corrected chi connectivity index (χ4v) is 5.65. The highest BCUT2D eigenvalue weighted by atomic mass is 14.9. The summed E-state index contributed by atoms with van der Waals surface area (Å²) in [7, 11) is 0. The highest BCUT2D eigenvalue weighted by Crippen LogP contribution is 2.49. The molecule has 1 aliphatic rings. The number of fused-ring (bicyclic) bond motifs is 3. The maximum Gasteiger partial charge on any atom is 0.161 e. The lowest BCUT2D eigenvalue weighted by molar-refractivity contribution is 0.660. The van der Waals surface area contributed by atoms with E-state index in [1.54, 1.807) is 0 Å². The Kier molecular flexibility index (Phi) is 5.45. The van der Waals surface area contributed by atoms with E-state index in [9.17, 15) is 0 Å². The number of aromatic nitrogens is 3. The molecule has 39 heavy (non-hydrogen) atoms. The molecule has 3 heteroatoms. The summed E-state index contributed by atoms with van der Waals surface area (Å²) in [5.74, 6) is 0.668. The van der Waals surface area contributed by atoms with E-state index < -0.39 is 0 Å². The Morgan fingerprint density at radius 2 is 1.05 bits per heavy atom. The number of hydrogen-bond donors (Lipinski definition) is 0. The van der Waals surface area contributed by atoms with Crippen molar-refractivity contribution >= 4 is 0 Å². The molecule has 1 aliphatic carbocycles. The van der Waals surface area contributed by atoms with Crippen LogP contribution in [0.5, 0.6) is 0 Å². The number of hydrogen-bond acceptors (Lipinski definition) is 3. The van der Waals surface area contributed by atoms with Crippen molar-refractivity contribution in [2.24, 2.45) is 0 Å². The van der Waals surface area contributed by atoms with E-state index in [0.717, 1.165) is 39.3 Å². The van der Waals surface area contributed by atoms with E-state index in [0.29, 0.717) is 5.82 Å². The standard InChI is InChI=1S/C36H27N3/c1-36(2)30-16-10-9-15-28(30)29-19-17-26(21-31(29)36)34-22-33(25-13-7-4-8-14-25)38-35(39-34)27-18-20-32(37-23-27)24-11-5-3-6-12-24/h3-23H,1-2H3. The van der Waals surface area contributed by atoms with Gasteiger partial charge in [-0.05, 0) is 46.5 Å². The summed E-state index contributed by atoms with van der Waals surface area (Å²) in [6, 6.07) is 42.2. The molecule has 0 aliphatic heterocycles. The Labute approximate surface area is 228 Å². The average Bonchev–Trinajstić information content (AvgIpc) is 3.24. The maximum atomic E-state index is 5.07. The molecule has 2 aromatic heterocycles. The van der Waals surface area contributed by atoms with E-state index >= 15 is 0 Å². The molecule has 0 bridgehead atoms. The van der Waals surface area contributed by atoms with E-state index in [1.165, 1.54) is 22.3 Å². The Balaban J connectivity index is 1.35. The van der Waals surface area contributed by atoms with Gasteiger partial charge in [0.1, 0.15) is 0 Å². The Bertz CT molecular complexity index is 1810. The summed E-state index contributed by atoms with van der Waals surface area (Å²) in [5, 5.41) is 0. The van der Waals surface area contributed by atoms with Gasteiger partial charge in [-0.15, -0.1) is 0 Å². The summed E-state index contributed by atoms with van der Waals surface area (Å²) in [4.78, 5) is 14.8. The molecule has 0 unspecified atom stereocenters. The predicted molar refractivity (Wildman–Crippen MR) is 159 cm³/mol. The normalized spacial score (nSPS) is 13.1. The SMILES string of the molecule is CC1(C)c2ccccc2-c2ccc(-c3cc(-c4ccccc4)nc(-c4ccc(-c5ccccc5)nc4)n3)cc21. The zero-order valence-corrected chi connectivity index (χ0v) is 22.0. The molecule has 6 aromatic rings. The van der Waals surface area contributed by atoms with Gasteiger partial charge in [-0.1, -0.05) is 111 Å². The monoisotopic (exact) mass is 501 g/mol. The third-order valence-electron chi connectivity index (χ3n) is 7.77. The highest BCUT2D eigenvalue weighted by Gasteiger charge is 2.35. The van der Waals surface area contributed by atoms with E-state index in [-0.39, 0.29) is 5.41 Å². The second-order valence-electron chi connectivity index (χ2n) is 10.6. The molecule has 3 nitrogen and oxygen atoms in total. The number of rotatable bonds is 4. The first kappa shape index (κ1) is 23.2. The van der Waals surface area contributed by atoms with E-state index in [4.69, 9.17) is 15.0 Å². The number of pyridine rings is 1. The van der Waals surface area contributed by atoms with Gasteiger partial charge < -0.3 is 0 Å². The van der Waals surface area contributed by atoms with Crippen molar-refractivity contribution in [1.29, 1.82) is 0 Å². The van der Waals surface area contributed by atoms with Crippen LogP contribution >= 0.6 is 0 Å². The van der Waals surface area contributed by atoms with Crippen LogP contribution in [-0.2, 0) is 5.41 Å². The molecule has 7 rings (SSSR count). The average molecular weight is 502 g/mol. The summed E-state index contributed by atoms with van der Waals surface area (Å²) in [6.07, 6.45) is 1.87. The fraction of sp³-hybridized carbons (Fsp3) is 0.0833. The Hall–Kier alpha value is -4.89. The largest absolute Gasteiger partial charge is 0.255 e. The van der Waals surface area contributed by atoms with Gasteiger partial charge in [0.25, 0.3) is 0 Å².